The maximum absolute atomic E-state index is 13.1. The predicted octanol–water partition coefficient (Wildman–Crippen LogP) is 2.78. The van der Waals surface area contributed by atoms with Gasteiger partial charge in [-0.1, -0.05) is 24.3 Å². The Kier molecular flexibility index (Phi) is 4.04. The van der Waals surface area contributed by atoms with Gasteiger partial charge >= 0.3 is 6.03 Å². The summed E-state index contributed by atoms with van der Waals surface area (Å²) in [7, 11) is 0. The second-order valence-corrected chi connectivity index (χ2v) is 6.88. The molecule has 3 aromatic rings. The van der Waals surface area contributed by atoms with Gasteiger partial charge in [0.1, 0.15) is 5.54 Å². The van der Waals surface area contributed by atoms with E-state index in [1.165, 1.54) is 0 Å². The van der Waals surface area contributed by atoms with Gasteiger partial charge in [-0.15, -0.1) is 0 Å². The molecule has 138 valence electrons. The van der Waals surface area contributed by atoms with E-state index in [9.17, 15) is 9.59 Å². The Morgan fingerprint density at radius 1 is 1.11 bits per heavy atom. The van der Waals surface area contributed by atoms with Crippen molar-refractivity contribution in [1.82, 2.24) is 20.2 Å². The van der Waals surface area contributed by atoms with Gasteiger partial charge in [0.25, 0.3) is 5.91 Å². The summed E-state index contributed by atoms with van der Waals surface area (Å²) in [6.45, 7) is 3.48. The highest BCUT2D eigenvalue weighted by Gasteiger charge is 2.49. The van der Waals surface area contributed by atoms with Gasteiger partial charge in [-0.05, 0) is 43.7 Å². The molecule has 7 nitrogen and oxygen atoms in total. The number of rotatable bonds is 3. The van der Waals surface area contributed by atoms with Crippen molar-refractivity contribution >= 4 is 23.0 Å². The zero-order chi connectivity index (χ0) is 19.9. The van der Waals surface area contributed by atoms with Gasteiger partial charge in [0.05, 0.1) is 40.6 Å². The number of para-hydroxylation sites is 2. The van der Waals surface area contributed by atoms with Crippen LogP contribution in [0.25, 0.3) is 11.0 Å². The molecule has 0 spiro atoms. The predicted molar refractivity (Wildman–Crippen MR) is 102 cm³/mol. The lowest BCUT2D eigenvalue weighted by Gasteiger charge is -2.22. The Morgan fingerprint density at radius 2 is 1.82 bits per heavy atom. The minimum atomic E-state index is -1.23. The van der Waals surface area contributed by atoms with Crippen LogP contribution in [0, 0.1) is 18.3 Å². The third-order valence-electron chi connectivity index (χ3n) is 4.99. The molecule has 0 saturated carbocycles. The number of carbonyl (C=O) groups excluding carboxylic acids is 2. The normalized spacial score (nSPS) is 19.0. The van der Waals surface area contributed by atoms with Crippen molar-refractivity contribution in [3.05, 3.63) is 71.0 Å². The third kappa shape index (κ3) is 2.76. The number of carbonyl (C=O) groups is 2. The third-order valence-corrected chi connectivity index (χ3v) is 4.99. The van der Waals surface area contributed by atoms with Gasteiger partial charge in [-0.3, -0.25) is 9.69 Å². The summed E-state index contributed by atoms with van der Waals surface area (Å²) in [6.07, 6.45) is 0. The van der Waals surface area contributed by atoms with E-state index in [4.69, 9.17) is 5.26 Å². The molecular formula is C21H17N5O2. The number of fused-ring (bicyclic) bond motifs is 1. The van der Waals surface area contributed by atoms with E-state index in [-0.39, 0.29) is 12.5 Å². The number of amides is 3. The summed E-state index contributed by atoms with van der Waals surface area (Å²) < 4.78 is 0. The van der Waals surface area contributed by atoms with Crippen LogP contribution in [0.15, 0.2) is 48.5 Å². The Hall–Kier alpha value is -3.79. The molecule has 0 radical (unpaired) electrons. The van der Waals surface area contributed by atoms with E-state index in [2.05, 4.69) is 21.4 Å². The van der Waals surface area contributed by atoms with Crippen LogP contribution in [0.3, 0.4) is 0 Å². The summed E-state index contributed by atoms with van der Waals surface area (Å²) in [5.41, 5.74) is 2.46. The average Bonchev–Trinajstić information content (AvgIpc) is 2.92. The molecule has 0 bridgehead atoms. The fourth-order valence-electron chi connectivity index (χ4n) is 3.36. The van der Waals surface area contributed by atoms with Crippen LogP contribution in [0.2, 0.25) is 0 Å². The summed E-state index contributed by atoms with van der Waals surface area (Å²) in [4.78, 5) is 36.0. The first kappa shape index (κ1) is 17.6. The number of aryl methyl sites for hydroxylation is 1. The van der Waals surface area contributed by atoms with Crippen molar-refractivity contribution in [3.63, 3.8) is 0 Å². The zero-order valence-corrected chi connectivity index (χ0v) is 15.4. The van der Waals surface area contributed by atoms with Gasteiger partial charge in [0, 0.05) is 0 Å². The average molecular weight is 371 g/mol. The Labute approximate surface area is 161 Å². The largest absolute Gasteiger partial charge is 0.325 e. The maximum Gasteiger partial charge on any atom is 0.325 e. The number of urea groups is 1. The van der Waals surface area contributed by atoms with Crippen molar-refractivity contribution in [2.75, 3.05) is 0 Å². The van der Waals surface area contributed by atoms with Gasteiger partial charge in [0.15, 0.2) is 0 Å². The molecule has 1 fully saturated rings. The zero-order valence-electron chi connectivity index (χ0n) is 15.4. The van der Waals surface area contributed by atoms with Crippen LogP contribution in [0.4, 0.5) is 4.79 Å². The minimum Gasteiger partial charge on any atom is -0.319 e. The summed E-state index contributed by atoms with van der Waals surface area (Å²) in [6, 6.07) is 15.7. The number of hydrogen-bond acceptors (Lipinski definition) is 5. The van der Waals surface area contributed by atoms with Gasteiger partial charge in [-0.2, -0.15) is 5.26 Å². The topological polar surface area (TPSA) is 99.0 Å². The number of nitriles is 1. The number of benzene rings is 2. The van der Waals surface area contributed by atoms with Crippen molar-refractivity contribution in [3.8, 4) is 6.07 Å². The highest BCUT2D eigenvalue weighted by molar-refractivity contribution is 6.07. The Bertz CT molecular complexity index is 1170. The Morgan fingerprint density at radius 3 is 2.54 bits per heavy atom. The lowest BCUT2D eigenvalue weighted by molar-refractivity contribution is -0.131. The fourth-order valence-corrected chi connectivity index (χ4v) is 3.36. The van der Waals surface area contributed by atoms with E-state index >= 15 is 0 Å². The molecule has 1 saturated heterocycles. The molecular weight excluding hydrogens is 354 g/mol. The monoisotopic (exact) mass is 371 g/mol. The van der Waals surface area contributed by atoms with Gasteiger partial charge in [-0.25, -0.2) is 14.8 Å². The summed E-state index contributed by atoms with van der Waals surface area (Å²) >= 11 is 0. The van der Waals surface area contributed by atoms with E-state index in [1.807, 2.05) is 31.2 Å². The van der Waals surface area contributed by atoms with Crippen LogP contribution >= 0.6 is 0 Å². The van der Waals surface area contributed by atoms with Crippen LogP contribution in [0.5, 0.6) is 0 Å². The first-order valence-electron chi connectivity index (χ1n) is 8.79. The van der Waals surface area contributed by atoms with E-state index in [0.29, 0.717) is 28.0 Å². The summed E-state index contributed by atoms with van der Waals surface area (Å²) in [5.74, 6) is -0.387. The first-order valence-corrected chi connectivity index (χ1v) is 8.79. The quantitative estimate of drug-likeness (QED) is 0.714. The van der Waals surface area contributed by atoms with E-state index < -0.39 is 11.6 Å². The molecule has 1 aliphatic rings. The number of imide groups is 1. The number of nitrogens with one attached hydrogen (secondary N) is 1. The van der Waals surface area contributed by atoms with Gasteiger partial charge in [0.2, 0.25) is 0 Å². The molecule has 7 heteroatoms. The maximum atomic E-state index is 13.1. The fraction of sp³-hybridized carbons (Fsp3) is 0.190. The second-order valence-electron chi connectivity index (χ2n) is 6.88. The van der Waals surface area contributed by atoms with Crippen molar-refractivity contribution in [2.24, 2.45) is 0 Å². The molecule has 1 N–H and O–H groups in total. The second kappa shape index (κ2) is 6.43. The van der Waals surface area contributed by atoms with Crippen molar-refractivity contribution < 1.29 is 9.59 Å². The molecule has 28 heavy (non-hydrogen) atoms. The molecule has 2 aromatic carbocycles. The highest BCUT2D eigenvalue weighted by atomic mass is 16.2. The van der Waals surface area contributed by atoms with Crippen LogP contribution in [-0.4, -0.2) is 26.8 Å². The number of nitrogens with zero attached hydrogens (tertiary/aromatic N) is 4. The standard InChI is InChI=1S/C21H17N5O2/c1-13-18(24-17-9-4-3-8-16(17)23-13)12-26-19(27)21(2,25-20(26)28)15-7-5-6-14(10-15)11-22/h3-10H,12H2,1-2H3,(H,25,28)/t21-/m1/s1. The van der Waals surface area contributed by atoms with Gasteiger partial charge < -0.3 is 5.32 Å². The molecule has 2 heterocycles. The van der Waals surface area contributed by atoms with Crippen LogP contribution in [-0.2, 0) is 16.9 Å². The molecule has 1 aliphatic heterocycles. The first-order chi connectivity index (χ1) is 13.4. The molecule has 1 aromatic heterocycles. The summed E-state index contributed by atoms with van der Waals surface area (Å²) in [5, 5.41) is 11.9. The highest BCUT2D eigenvalue weighted by Crippen LogP contribution is 2.30. The lowest BCUT2D eigenvalue weighted by Crippen LogP contribution is -2.40. The molecule has 1 atom stereocenters. The Balaban J connectivity index is 1.68. The SMILES string of the molecule is Cc1nc2ccccc2nc1CN1C(=O)N[C@](C)(c2cccc(C#N)c2)C1=O. The van der Waals surface area contributed by atoms with E-state index in [0.717, 1.165) is 10.4 Å². The molecule has 4 rings (SSSR count). The van der Waals surface area contributed by atoms with Crippen LogP contribution in [0.1, 0.15) is 29.4 Å². The van der Waals surface area contributed by atoms with E-state index in [1.54, 1.807) is 31.2 Å². The van der Waals surface area contributed by atoms with Crippen molar-refractivity contribution in [2.45, 2.75) is 25.9 Å². The van der Waals surface area contributed by atoms with Crippen molar-refractivity contribution in [1.29, 1.82) is 5.26 Å². The molecule has 0 aliphatic carbocycles. The lowest BCUT2D eigenvalue weighted by atomic mass is 9.91. The number of aromatic nitrogens is 2. The number of hydrogen-bond donors (Lipinski definition) is 1. The van der Waals surface area contributed by atoms with Crippen LogP contribution < -0.4 is 5.32 Å². The molecule has 0 unspecified atom stereocenters. The molecule has 3 amide bonds. The minimum absolute atomic E-state index is 0.0296. The smallest absolute Gasteiger partial charge is 0.319 e.